The first-order valence-electron chi connectivity index (χ1n) is 6.75. The molecule has 0 amide bonds. The lowest BCUT2D eigenvalue weighted by Crippen LogP contribution is -2.32. The zero-order valence-corrected chi connectivity index (χ0v) is 13.7. The summed E-state index contributed by atoms with van der Waals surface area (Å²) in [6.45, 7) is 1.74. The SMILES string of the molecule is Cc1cc(Br)cc(/C=N\n2c(=O)[nH]c3ccccc3c2=O)c1O. The van der Waals surface area contributed by atoms with Gasteiger partial charge in [-0.2, -0.15) is 5.10 Å². The summed E-state index contributed by atoms with van der Waals surface area (Å²) >= 11 is 3.33. The second-order valence-electron chi connectivity index (χ2n) is 5.00. The predicted octanol–water partition coefficient (Wildman–Crippen LogP) is 2.35. The highest BCUT2D eigenvalue weighted by Crippen LogP contribution is 2.25. The van der Waals surface area contributed by atoms with E-state index < -0.39 is 11.2 Å². The number of fused-ring (bicyclic) bond motifs is 1. The number of para-hydroxylation sites is 1. The number of phenolic OH excluding ortho intramolecular Hbond substituents is 1. The van der Waals surface area contributed by atoms with Crippen LogP contribution in [0.25, 0.3) is 10.9 Å². The molecule has 3 rings (SSSR count). The first-order chi connectivity index (χ1) is 11.0. The lowest BCUT2D eigenvalue weighted by atomic mass is 10.1. The van der Waals surface area contributed by atoms with Gasteiger partial charge in [0.05, 0.1) is 17.1 Å². The van der Waals surface area contributed by atoms with E-state index in [0.717, 1.165) is 9.15 Å². The quantitative estimate of drug-likeness (QED) is 0.675. The van der Waals surface area contributed by atoms with Crippen LogP contribution >= 0.6 is 15.9 Å². The smallest absolute Gasteiger partial charge is 0.349 e. The average molecular weight is 374 g/mol. The number of rotatable bonds is 2. The molecule has 1 heterocycles. The first-order valence-corrected chi connectivity index (χ1v) is 7.54. The number of aryl methyl sites for hydroxylation is 1. The Bertz CT molecular complexity index is 1050. The van der Waals surface area contributed by atoms with Gasteiger partial charge >= 0.3 is 5.69 Å². The molecule has 0 unspecified atom stereocenters. The van der Waals surface area contributed by atoms with Crippen molar-refractivity contribution in [3.05, 3.63) is 72.8 Å². The van der Waals surface area contributed by atoms with Crippen molar-refractivity contribution in [1.29, 1.82) is 0 Å². The molecule has 116 valence electrons. The van der Waals surface area contributed by atoms with Crippen molar-refractivity contribution in [2.75, 3.05) is 0 Å². The molecule has 0 aliphatic heterocycles. The molecule has 0 radical (unpaired) electrons. The third-order valence-corrected chi connectivity index (χ3v) is 3.85. The van der Waals surface area contributed by atoms with Crippen LogP contribution in [0.4, 0.5) is 0 Å². The normalized spacial score (nSPS) is 11.4. The molecule has 0 aliphatic rings. The molecule has 0 spiro atoms. The molecule has 2 N–H and O–H groups in total. The Hall–Kier alpha value is -2.67. The number of nitrogens with one attached hydrogen (secondary N) is 1. The van der Waals surface area contributed by atoms with E-state index in [9.17, 15) is 14.7 Å². The van der Waals surface area contributed by atoms with Gasteiger partial charge in [-0.05, 0) is 36.8 Å². The number of H-pyrrole nitrogens is 1. The minimum atomic E-state index is -0.642. The summed E-state index contributed by atoms with van der Waals surface area (Å²) in [5.74, 6) is 0.0437. The fourth-order valence-corrected chi connectivity index (χ4v) is 2.83. The number of benzene rings is 2. The Kier molecular flexibility index (Phi) is 3.87. The van der Waals surface area contributed by atoms with E-state index in [1.54, 1.807) is 43.3 Å². The number of hydrogen-bond donors (Lipinski definition) is 2. The number of hydrogen-bond acceptors (Lipinski definition) is 4. The molecule has 2 aromatic carbocycles. The highest BCUT2D eigenvalue weighted by atomic mass is 79.9. The van der Waals surface area contributed by atoms with Gasteiger partial charge in [0.25, 0.3) is 5.56 Å². The van der Waals surface area contributed by atoms with Crippen LogP contribution in [-0.4, -0.2) is 21.0 Å². The fraction of sp³-hybridized carbons (Fsp3) is 0.0625. The van der Waals surface area contributed by atoms with Crippen molar-refractivity contribution >= 4 is 33.0 Å². The summed E-state index contributed by atoms with van der Waals surface area (Å²) in [6.07, 6.45) is 1.28. The third kappa shape index (κ3) is 2.83. The zero-order chi connectivity index (χ0) is 16.6. The molecule has 0 aliphatic carbocycles. The summed E-state index contributed by atoms with van der Waals surface area (Å²) in [5, 5.41) is 14.3. The molecule has 1 aromatic heterocycles. The second kappa shape index (κ2) is 5.85. The van der Waals surface area contributed by atoms with E-state index in [-0.39, 0.29) is 5.75 Å². The minimum Gasteiger partial charge on any atom is -0.507 e. The van der Waals surface area contributed by atoms with Gasteiger partial charge in [-0.1, -0.05) is 28.1 Å². The van der Waals surface area contributed by atoms with E-state index in [1.165, 1.54) is 6.21 Å². The van der Waals surface area contributed by atoms with E-state index in [1.807, 2.05) is 0 Å². The van der Waals surface area contributed by atoms with Gasteiger partial charge in [0.1, 0.15) is 5.75 Å². The van der Waals surface area contributed by atoms with E-state index in [4.69, 9.17) is 0 Å². The maximum Gasteiger partial charge on any atom is 0.349 e. The number of halogens is 1. The molecule has 0 bridgehead atoms. The molecule has 0 saturated heterocycles. The number of nitrogens with zero attached hydrogens (tertiary/aromatic N) is 2. The maximum atomic E-state index is 12.3. The van der Waals surface area contributed by atoms with E-state index in [0.29, 0.717) is 22.0 Å². The van der Waals surface area contributed by atoms with Crippen molar-refractivity contribution in [1.82, 2.24) is 9.66 Å². The summed E-state index contributed by atoms with van der Waals surface area (Å²) in [6, 6.07) is 10.1. The monoisotopic (exact) mass is 373 g/mol. The van der Waals surface area contributed by atoms with Crippen molar-refractivity contribution in [2.24, 2.45) is 5.10 Å². The summed E-state index contributed by atoms with van der Waals surface area (Å²) < 4.78 is 1.49. The standard InChI is InChI=1S/C16H12BrN3O3/c1-9-6-11(17)7-10(14(9)21)8-18-20-15(22)12-4-2-3-5-13(12)19-16(20)23/h2-8,21H,1H3,(H,19,23)/b18-8-. The van der Waals surface area contributed by atoms with Gasteiger partial charge in [-0.15, -0.1) is 4.68 Å². The van der Waals surface area contributed by atoms with Crippen molar-refractivity contribution in [3.8, 4) is 5.75 Å². The fourth-order valence-electron chi connectivity index (χ4n) is 2.24. The number of aromatic amines is 1. The summed E-state index contributed by atoms with van der Waals surface area (Å²) in [4.78, 5) is 27.0. The van der Waals surface area contributed by atoms with E-state index >= 15 is 0 Å². The lowest BCUT2D eigenvalue weighted by molar-refractivity contribution is 0.470. The largest absolute Gasteiger partial charge is 0.507 e. The Labute approximate surface area is 138 Å². The van der Waals surface area contributed by atoms with Gasteiger partial charge in [-0.3, -0.25) is 4.79 Å². The van der Waals surface area contributed by atoms with Crippen LogP contribution in [0, 0.1) is 6.92 Å². The maximum absolute atomic E-state index is 12.3. The molecule has 3 aromatic rings. The van der Waals surface area contributed by atoms with Crippen LogP contribution in [0.1, 0.15) is 11.1 Å². The van der Waals surface area contributed by atoms with Gasteiger partial charge in [-0.25, -0.2) is 4.79 Å². The Morgan fingerprint density at radius 2 is 2.00 bits per heavy atom. The topological polar surface area (TPSA) is 87.5 Å². The number of aromatic nitrogens is 2. The molecular formula is C16H12BrN3O3. The average Bonchev–Trinajstić information content (AvgIpc) is 2.51. The van der Waals surface area contributed by atoms with Crippen LogP contribution in [0.15, 0.2) is 55.6 Å². The number of phenols is 1. The minimum absolute atomic E-state index is 0.0437. The van der Waals surface area contributed by atoms with Crippen molar-refractivity contribution in [3.63, 3.8) is 0 Å². The van der Waals surface area contributed by atoms with Gasteiger partial charge < -0.3 is 10.1 Å². The van der Waals surface area contributed by atoms with Crippen LogP contribution in [0.2, 0.25) is 0 Å². The summed E-state index contributed by atoms with van der Waals surface area (Å²) in [5.41, 5.74) is 0.343. The second-order valence-corrected chi connectivity index (χ2v) is 5.91. The third-order valence-electron chi connectivity index (χ3n) is 3.39. The molecule has 0 atom stereocenters. The van der Waals surface area contributed by atoms with Crippen molar-refractivity contribution < 1.29 is 5.11 Å². The van der Waals surface area contributed by atoms with Crippen molar-refractivity contribution in [2.45, 2.75) is 6.92 Å². The molecule has 0 saturated carbocycles. The molecule has 7 heteroatoms. The molecule has 0 fully saturated rings. The van der Waals surface area contributed by atoms with Crippen LogP contribution in [0.3, 0.4) is 0 Å². The Morgan fingerprint density at radius 1 is 1.26 bits per heavy atom. The van der Waals surface area contributed by atoms with Crippen LogP contribution in [0.5, 0.6) is 5.75 Å². The molecule has 6 nitrogen and oxygen atoms in total. The van der Waals surface area contributed by atoms with E-state index in [2.05, 4.69) is 26.0 Å². The molecular weight excluding hydrogens is 362 g/mol. The Balaban J connectivity index is 2.16. The van der Waals surface area contributed by atoms with Gasteiger partial charge in [0.2, 0.25) is 0 Å². The predicted molar refractivity (Wildman–Crippen MR) is 92.4 cm³/mol. The number of aromatic hydroxyl groups is 1. The highest BCUT2D eigenvalue weighted by Gasteiger charge is 2.07. The summed E-state index contributed by atoms with van der Waals surface area (Å²) in [7, 11) is 0. The highest BCUT2D eigenvalue weighted by molar-refractivity contribution is 9.10. The van der Waals surface area contributed by atoms with Crippen LogP contribution < -0.4 is 11.2 Å². The lowest BCUT2D eigenvalue weighted by Gasteiger charge is -2.04. The van der Waals surface area contributed by atoms with Gasteiger partial charge in [0, 0.05) is 10.0 Å². The first kappa shape index (κ1) is 15.2. The Morgan fingerprint density at radius 3 is 2.78 bits per heavy atom. The van der Waals surface area contributed by atoms with Crippen LogP contribution in [-0.2, 0) is 0 Å². The molecule has 23 heavy (non-hydrogen) atoms. The zero-order valence-electron chi connectivity index (χ0n) is 12.1. The van der Waals surface area contributed by atoms with Gasteiger partial charge in [0.15, 0.2) is 0 Å².